The molecule has 2 aromatic carbocycles. The molecule has 0 bridgehead atoms. The van der Waals surface area contributed by atoms with E-state index in [9.17, 15) is 0 Å². The highest BCUT2D eigenvalue weighted by atomic mass is 35.5. The zero-order chi connectivity index (χ0) is 43.6. The van der Waals surface area contributed by atoms with Crippen molar-refractivity contribution in [2.45, 2.75) is 46.2 Å². The Morgan fingerprint density at radius 2 is 1.24 bits per heavy atom. The van der Waals surface area contributed by atoms with Gasteiger partial charge in [0.15, 0.2) is 0 Å². The van der Waals surface area contributed by atoms with Crippen molar-refractivity contribution >= 4 is 22.6 Å². The lowest BCUT2D eigenvalue weighted by Crippen LogP contribution is -2.44. The lowest BCUT2D eigenvalue weighted by atomic mass is 10.0. The van der Waals surface area contributed by atoms with Gasteiger partial charge in [-0.1, -0.05) is 28.9 Å². The zero-order valence-electron chi connectivity index (χ0n) is 37.0. The maximum absolute atomic E-state index is 6.69. The second-order valence-electron chi connectivity index (χ2n) is 14.8. The maximum atomic E-state index is 6.69. The molecule has 1 unspecified atom stereocenters. The number of aromatic nitrogens is 3. The van der Waals surface area contributed by atoms with E-state index in [2.05, 4.69) is 45.8 Å². The van der Waals surface area contributed by atoms with E-state index in [1.807, 2.05) is 26.0 Å². The van der Waals surface area contributed by atoms with Crippen molar-refractivity contribution in [3.05, 3.63) is 64.3 Å². The van der Waals surface area contributed by atoms with Crippen molar-refractivity contribution in [3.8, 4) is 16.9 Å². The molecule has 4 aromatic rings. The number of hydrogen-bond acceptors (Lipinski definition) is 15. The average Bonchev–Trinajstić information content (AvgIpc) is 3.81. The fraction of sp³-hybridized carbons (Fsp3) is 0.644. The summed E-state index contributed by atoms with van der Waals surface area (Å²) in [6.45, 7) is 19.4. The summed E-state index contributed by atoms with van der Waals surface area (Å²) in [6.07, 6.45) is 1.55. The highest BCUT2D eigenvalue weighted by molar-refractivity contribution is 6.32. The molecule has 2 aromatic heterocycles. The Labute approximate surface area is 371 Å². The third-order valence-electron chi connectivity index (χ3n) is 10.3. The minimum Gasteiger partial charge on any atom is -0.490 e. The second kappa shape index (κ2) is 29.3. The Morgan fingerprint density at radius 3 is 1.76 bits per heavy atom. The standard InChI is InChI=1S/C45H68ClN5O11/c1-35(50-11-14-53-15-12-50)34-51-42-7-6-39(45-36(2)49-62-37(45)3)33-41(42)48-44(51)9-5-38-4-8-43(40(46)32-38)61-31-30-60-29-28-59-27-26-58-25-24-57-23-22-56-21-20-55-19-18-54-17-16-52-13-10-47/h4,6-8,32-33,35H,5,9-31,34,47H2,1-3H3. The van der Waals surface area contributed by atoms with Crippen LogP contribution in [0.25, 0.3) is 22.2 Å². The molecular formula is C45H68ClN5O11. The topological polar surface area (TPSA) is 165 Å². The Morgan fingerprint density at radius 1 is 0.694 bits per heavy atom. The largest absolute Gasteiger partial charge is 0.490 e. The molecule has 1 saturated heterocycles. The van der Waals surface area contributed by atoms with Crippen LogP contribution < -0.4 is 10.5 Å². The minimum atomic E-state index is 0.335. The van der Waals surface area contributed by atoms with E-state index in [-0.39, 0.29) is 0 Å². The summed E-state index contributed by atoms with van der Waals surface area (Å²) < 4.78 is 63.3. The van der Waals surface area contributed by atoms with Crippen LogP contribution in [0.2, 0.25) is 5.02 Å². The molecule has 3 heterocycles. The van der Waals surface area contributed by atoms with Gasteiger partial charge in [0, 0.05) is 44.2 Å². The van der Waals surface area contributed by atoms with E-state index < -0.39 is 0 Å². The quantitative estimate of drug-likeness (QED) is 0.0627. The zero-order valence-corrected chi connectivity index (χ0v) is 37.7. The predicted octanol–water partition coefficient (Wildman–Crippen LogP) is 4.94. The van der Waals surface area contributed by atoms with Gasteiger partial charge in [-0.2, -0.15) is 0 Å². The Balaban J connectivity index is 0.906. The van der Waals surface area contributed by atoms with Crippen molar-refractivity contribution in [1.29, 1.82) is 0 Å². The van der Waals surface area contributed by atoms with E-state index in [0.717, 1.165) is 90.7 Å². The molecule has 0 spiro atoms. The van der Waals surface area contributed by atoms with Gasteiger partial charge in [0.1, 0.15) is 23.9 Å². The van der Waals surface area contributed by atoms with Crippen molar-refractivity contribution in [3.63, 3.8) is 0 Å². The number of aryl methyl sites for hydroxylation is 4. The number of ether oxygens (including phenoxy) is 10. The Bertz CT molecular complexity index is 1800. The molecule has 1 atom stereocenters. The SMILES string of the molecule is Cc1noc(C)c1-c1ccc2c(c1)nc(CCc1ccc(OCCOCCOCCOCCOCCOCCOCCOCCOCCN)c(Cl)c1)n2CC(C)N1CCOCC1. The van der Waals surface area contributed by atoms with Crippen LogP contribution in [0.5, 0.6) is 5.75 Å². The lowest BCUT2D eigenvalue weighted by molar-refractivity contribution is -0.0234. The second-order valence-corrected chi connectivity index (χ2v) is 15.2. The average molecular weight is 891 g/mol. The van der Waals surface area contributed by atoms with E-state index in [0.29, 0.717) is 136 Å². The number of nitrogens with zero attached hydrogens (tertiary/aromatic N) is 4. The van der Waals surface area contributed by atoms with Crippen LogP contribution in [0.3, 0.4) is 0 Å². The number of imidazole rings is 1. The molecule has 16 nitrogen and oxygen atoms in total. The number of morpholine rings is 1. The van der Waals surface area contributed by atoms with Gasteiger partial charge in [-0.15, -0.1) is 0 Å². The number of fused-ring (bicyclic) bond motifs is 1. The molecule has 17 heteroatoms. The number of nitrogens with two attached hydrogens (primary N) is 1. The molecule has 1 aliphatic heterocycles. The molecule has 62 heavy (non-hydrogen) atoms. The highest BCUT2D eigenvalue weighted by Crippen LogP contribution is 2.31. The Kier molecular flexibility index (Phi) is 23.5. The third kappa shape index (κ3) is 17.4. The first-order valence-corrected chi connectivity index (χ1v) is 22.3. The van der Waals surface area contributed by atoms with Gasteiger partial charge in [-0.05, 0) is 62.6 Å². The first-order chi connectivity index (χ1) is 30.4. The third-order valence-corrected chi connectivity index (χ3v) is 10.5. The molecule has 346 valence electrons. The summed E-state index contributed by atoms with van der Waals surface area (Å²) in [7, 11) is 0. The fourth-order valence-corrected chi connectivity index (χ4v) is 7.29. The summed E-state index contributed by atoms with van der Waals surface area (Å²) in [5, 5.41) is 4.74. The van der Waals surface area contributed by atoms with E-state index in [4.69, 9.17) is 74.2 Å². The number of hydrogen-bond donors (Lipinski definition) is 1. The fourth-order valence-electron chi connectivity index (χ4n) is 7.03. The number of halogens is 1. The van der Waals surface area contributed by atoms with Crippen molar-refractivity contribution in [1.82, 2.24) is 19.6 Å². The van der Waals surface area contributed by atoms with Crippen LogP contribution in [0.15, 0.2) is 40.9 Å². The summed E-state index contributed by atoms with van der Waals surface area (Å²) >= 11 is 6.69. The summed E-state index contributed by atoms with van der Waals surface area (Å²) in [6, 6.07) is 12.8. The Hall–Kier alpha value is -3.23. The van der Waals surface area contributed by atoms with Crippen LogP contribution in [0, 0.1) is 13.8 Å². The van der Waals surface area contributed by atoms with E-state index >= 15 is 0 Å². The molecule has 1 fully saturated rings. The monoisotopic (exact) mass is 889 g/mol. The normalized spacial score (nSPS) is 14.0. The van der Waals surface area contributed by atoms with Crippen LogP contribution in [-0.2, 0) is 62.0 Å². The molecule has 1 aliphatic rings. The summed E-state index contributed by atoms with van der Waals surface area (Å²) in [5.41, 5.74) is 11.5. The molecule has 0 aliphatic carbocycles. The van der Waals surface area contributed by atoms with Crippen LogP contribution in [0.1, 0.15) is 29.8 Å². The van der Waals surface area contributed by atoms with Gasteiger partial charge in [0.2, 0.25) is 0 Å². The first-order valence-electron chi connectivity index (χ1n) is 21.9. The molecular weight excluding hydrogens is 822 g/mol. The van der Waals surface area contributed by atoms with Gasteiger partial charge >= 0.3 is 0 Å². The van der Waals surface area contributed by atoms with Crippen LogP contribution in [-0.4, -0.2) is 171 Å². The smallest absolute Gasteiger partial charge is 0.141 e. The number of rotatable bonds is 34. The van der Waals surface area contributed by atoms with E-state index in [1.165, 1.54) is 0 Å². The lowest BCUT2D eigenvalue weighted by Gasteiger charge is -2.32. The van der Waals surface area contributed by atoms with Crippen LogP contribution in [0.4, 0.5) is 0 Å². The predicted molar refractivity (Wildman–Crippen MR) is 237 cm³/mol. The maximum Gasteiger partial charge on any atom is 0.141 e. The van der Waals surface area contributed by atoms with Crippen molar-refractivity contribution in [2.75, 3.05) is 145 Å². The summed E-state index contributed by atoms with van der Waals surface area (Å²) in [4.78, 5) is 7.68. The molecule has 0 saturated carbocycles. The van der Waals surface area contributed by atoms with Crippen LogP contribution >= 0.6 is 11.6 Å². The molecule has 5 rings (SSSR count). The van der Waals surface area contributed by atoms with Crippen molar-refractivity contribution in [2.24, 2.45) is 5.73 Å². The summed E-state index contributed by atoms with van der Waals surface area (Å²) in [5.74, 6) is 2.48. The van der Waals surface area contributed by atoms with Gasteiger partial charge in [0.25, 0.3) is 0 Å². The molecule has 0 radical (unpaired) electrons. The van der Waals surface area contributed by atoms with Gasteiger partial charge in [0.05, 0.1) is 141 Å². The van der Waals surface area contributed by atoms with E-state index in [1.54, 1.807) is 0 Å². The van der Waals surface area contributed by atoms with Gasteiger partial charge < -0.3 is 62.2 Å². The number of benzene rings is 2. The molecule has 0 amide bonds. The minimum absolute atomic E-state index is 0.335. The highest BCUT2D eigenvalue weighted by Gasteiger charge is 2.21. The molecule has 2 N–H and O–H groups in total. The van der Waals surface area contributed by atoms with Crippen molar-refractivity contribution < 1.29 is 51.9 Å². The van der Waals surface area contributed by atoms with Gasteiger partial charge in [-0.3, -0.25) is 4.90 Å². The van der Waals surface area contributed by atoms with Gasteiger partial charge in [-0.25, -0.2) is 4.98 Å². The first kappa shape index (κ1) is 49.8.